The molecule has 1 atom stereocenters. The minimum atomic E-state index is -0.317. The minimum Gasteiger partial charge on any atom is -0.318 e. The van der Waals surface area contributed by atoms with E-state index in [0.29, 0.717) is 6.54 Å². The van der Waals surface area contributed by atoms with Crippen LogP contribution < -0.4 is 10.6 Å². The smallest absolute Gasteiger partial charge is 0.245 e. The normalized spacial score (nSPS) is 20.7. The van der Waals surface area contributed by atoms with Crippen molar-refractivity contribution in [3.05, 3.63) is 23.7 Å². The summed E-state index contributed by atoms with van der Waals surface area (Å²) in [5.74, 6) is -0.00105. The first-order valence-corrected chi connectivity index (χ1v) is 5.54. The second-order valence-corrected chi connectivity index (χ2v) is 4.45. The van der Waals surface area contributed by atoms with E-state index in [9.17, 15) is 4.79 Å². The van der Waals surface area contributed by atoms with Crippen LogP contribution in [0.1, 0.15) is 0 Å². The topological polar surface area (TPSA) is 59.2 Å². The molecular weight excluding hydrogens is 210 g/mol. The van der Waals surface area contributed by atoms with Crippen molar-refractivity contribution in [3.63, 3.8) is 0 Å². The summed E-state index contributed by atoms with van der Waals surface area (Å²) in [5, 5.41) is 0. The highest BCUT2D eigenvalue weighted by atomic mass is 32.1. The quantitative estimate of drug-likeness (QED) is 0.727. The number of hydrogen-bond donors (Lipinski definition) is 1. The zero-order valence-corrected chi connectivity index (χ0v) is 8.70. The highest BCUT2D eigenvalue weighted by molar-refractivity contribution is 7.16. The molecule has 1 unspecified atom stereocenters. The lowest BCUT2D eigenvalue weighted by Gasteiger charge is -2.36. The highest BCUT2D eigenvalue weighted by Crippen LogP contribution is 2.27. The predicted octanol–water partition coefficient (Wildman–Crippen LogP) is 0.970. The average Bonchev–Trinajstić information content (AvgIpc) is 2.72. The Balaban J connectivity index is 2.01. The van der Waals surface area contributed by atoms with Gasteiger partial charge in [0, 0.05) is 5.69 Å². The van der Waals surface area contributed by atoms with Gasteiger partial charge in [-0.25, -0.2) is 4.98 Å². The molecule has 1 aromatic carbocycles. The average molecular weight is 219 g/mol. The van der Waals surface area contributed by atoms with E-state index in [0.717, 1.165) is 15.9 Å². The van der Waals surface area contributed by atoms with E-state index in [2.05, 4.69) is 4.98 Å². The highest BCUT2D eigenvalue weighted by Gasteiger charge is 2.34. The van der Waals surface area contributed by atoms with Gasteiger partial charge in [-0.1, -0.05) is 0 Å². The number of β-lactam (4-membered cyclic amide) rings is 1. The van der Waals surface area contributed by atoms with Crippen LogP contribution in [-0.2, 0) is 4.79 Å². The fourth-order valence-electron chi connectivity index (χ4n) is 1.70. The Bertz CT molecular complexity index is 536. The number of benzene rings is 1. The number of hydrogen-bond acceptors (Lipinski definition) is 4. The van der Waals surface area contributed by atoms with Gasteiger partial charge < -0.3 is 10.6 Å². The third-order valence-electron chi connectivity index (χ3n) is 2.59. The number of carbonyl (C=O) groups is 1. The molecular formula is C10H9N3OS. The molecule has 5 heteroatoms. The van der Waals surface area contributed by atoms with Crippen LogP contribution in [0.3, 0.4) is 0 Å². The maximum Gasteiger partial charge on any atom is 0.245 e. The maximum absolute atomic E-state index is 11.4. The summed E-state index contributed by atoms with van der Waals surface area (Å²) in [4.78, 5) is 17.3. The minimum absolute atomic E-state index is 0.00105. The lowest BCUT2D eigenvalue weighted by molar-refractivity contribution is -0.123. The van der Waals surface area contributed by atoms with Crippen molar-refractivity contribution in [3.8, 4) is 0 Å². The first kappa shape index (κ1) is 8.82. The maximum atomic E-state index is 11.4. The zero-order chi connectivity index (χ0) is 10.4. The largest absolute Gasteiger partial charge is 0.318 e. The Morgan fingerprint density at radius 1 is 1.53 bits per heavy atom. The van der Waals surface area contributed by atoms with Crippen LogP contribution in [-0.4, -0.2) is 23.5 Å². The van der Waals surface area contributed by atoms with Gasteiger partial charge in [0.2, 0.25) is 5.91 Å². The number of thiazole rings is 1. The van der Waals surface area contributed by atoms with Gasteiger partial charge in [0.1, 0.15) is 6.04 Å². The van der Waals surface area contributed by atoms with E-state index in [1.807, 2.05) is 18.2 Å². The van der Waals surface area contributed by atoms with E-state index >= 15 is 0 Å². The molecule has 1 aromatic heterocycles. The Kier molecular flexibility index (Phi) is 1.77. The number of fused-ring (bicyclic) bond motifs is 1. The Labute approximate surface area is 90.3 Å². The van der Waals surface area contributed by atoms with Crippen LogP contribution in [0.4, 0.5) is 5.69 Å². The molecule has 0 spiro atoms. The monoisotopic (exact) mass is 219 g/mol. The molecule has 3 rings (SSSR count). The number of anilines is 1. The van der Waals surface area contributed by atoms with Gasteiger partial charge in [-0.05, 0) is 18.2 Å². The third kappa shape index (κ3) is 1.24. The number of carbonyl (C=O) groups excluding carboxylic acids is 1. The molecule has 0 bridgehead atoms. The lowest BCUT2D eigenvalue weighted by Crippen LogP contribution is -2.61. The van der Waals surface area contributed by atoms with Crippen LogP contribution in [0.5, 0.6) is 0 Å². The van der Waals surface area contributed by atoms with Crippen molar-refractivity contribution < 1.29 is 4.79 Å². The van der Waals surface area contributed by atoms with Gasteiger partial charge in [-0.3, -0.25) is 4.79 Å². The van der Waals surface area contributed by atoms with Crippen LogP contribution in [0.25, 0.3) is 10.2 Å². The van der Waals surface area contributed by atoms with Crippen molar-refractivity contribution >= 4 is 33.1 Å². The Hall–Kier alpha value is -1.46. The van der Waals surface area contributed by atoms with Crippen LogP contribution >= 0.6 is 11.3 Å². The first-order chi connectivity index (χ1) is 7.25. The van der Waals surface area contributed by atoms with Gasteiger partial charge in [-0.2, -0.15) is 0 Å². The molecule has 76 valence electrons. The molecule has 2 aromatic rings. The molecule has 1 fully saturated rings. The Morgan fingerprint density at radius 3 is 3.13 bits per heavy atom. The van der Waals surface area contributed by atoms with Gasteiger partial charge in [0.15, 0.2) is 0 Å². The van der Waals surface area contributed by atoms with E-state index < -0.39 is 0 Å². The van der Waals surface area contributed by atoms with E-state index in [4.69, 9.17) is 5.73 Å². The molecule has 1 saturated heterocycles. The second kappa shape index (κ2) is 3.01. The molecule has 0 radical (unpaired) electrons. The molecule has 0 aliphatic carbocycles. The van der Waals surface area contributed by atoms with Gasteiger partial charge in [0.05, 0.1) is 22.3 Å². The molecule has 15 heavy (non-hydrogen) atoms. The molecule has 0 saturated carbocycles. The van der Waals surface area contributed by atoms with E-state index in [-0.39, 0.29) is 11.9 Å². The summed E-state index contributed by atoms with van der Waals surface area (Å²) in [6.45, 7) is 0.614. The van der Waals surface area contributed by atoms with Crippen molar-refractivity contribution in [1.29, 1.82) is 0 Å². The molecule has 4 nitrogen and oxygen atoms in total. The summed E-state index contributed by atoms with van der Waals surface area (Å²) in [6, 6.07) is 5.50. The van der Waals surface area contributed by atoms with Crippen LogP contribution in [0, 0.1) is 0 Å². The van der Waals surface area contributed by atoms with Gasteiger partial charge in [0.25, 0.3) is 0 Å². The fourth-order valence-corrected chi connectivity index (χ4v) is 2.41. The first-order valence-electron chi connectivity index (χ1n) is 4.66. The molecule has 2 N–H and O–H groups in total. The number of rotatable bonds is 1. The zero-order valence-electron chi connectivity index (χ0n) is 7.88. The standard InChI is InChI=1S/C10H9N3OS/c11-7-4-13(10(7)14)6-1-2-8-9(3-6)15-5-12-8/h1-3,5,7H,4,11H2. The number of nitrogens with zero attached hydrogens (tertiary/aromatic N) is 2. The summed E-state index contributed by atoms with van der Waals surface area (Å²) in [5.41, 5.74) is 9.23. The molecule has 1 aliphatic heterocycles. The van der Waals surface area contributed by atoms with E-state index in [1.165, 1.54) is 0 Å². The van der Waals surface area contributed by atoms with Crippen molar-refractivity contribution in [2.45, 2.75) is 6.04 Å². The SMILES string of the molecule is NC1CN(c2ccc3ncsc3c2)C1=O. The molecule has 2 heterocycles. The Morgan fingerprint density at radius 2 is 2.40 bits per heavy atom. The second-order valence-electron chi connectivity index (χ2n) is 3.56. The number of amides is 1. The van der Waals surface area contributed by atoms with Crippen LogP contribution in [0.2, 0.25) is 0 Å². The number of nitrogens with two attached hydrogens (primary N) is 1. The van der Waals surface area contributed by atoms with Gasteiger partial charge in [-0.15, -0.1) is 11.3 Å². The van der Waals surface area contributed by atoms with Crippen molar-refractivity contribution in [1.82, 2.24) is 4.98 Å². The fraction of sp³-hybridized carbons (Fsp3) is 0.200. The van der Waals surface area contributed by atoms with Crippen molar-refractivity contribution in [2.75, 3.05) is 11.4 Å². The summed E-state index contributed by atoms with van der Waals surface area (Å²) < 4.78 is 1.10. The van der Waals surface area contributed by atoms with Crippen molar-refractivity contribution in [2.24, 2.45) is 5.73 Å². The summed E-state index contributed by atoms with van der Waals surface area (Å²) in [7, 11) is 0. The summed E-state index contributed by atoms with van der Waals surface area (Å²) >= 11 is 1.58. The predicted molar refractivity (Wildman–Crippen MR) is 59.9 cm³/mol. The third-order valence-corrected chi connectivity index (χ3v) is 3.38. The molecule has 1 aliphatic rings. The summed E-state index contributed by atoms with van der Waals surface area (Å²) in [6.07, 6.45) is 0. The lowest BCUT2D eigenvalue weighted by atomic mass is 10.1. The van der Waals surface area contributed by atoms with Gasteiger partial charge >= 0.3 is 0 Å². The number of aromatic nitrogens is 1. The molecule has 1 amide bonds. The van der Waals surface area contributed by atoms with E-state index in [1.54, 1.807) is 21.7 Å². The van der Waals surface area contributed by atoms with Crippen LogP contribution in [0.15, 0.2) is 23.7 Å².